The first kappa shape index (κ1) is 15.0. The third kappa shape index (κ3) is 3.71. The maximum atomic E-state index is 12.2. The fourth-order valence-corrected chi connectivity index (χ4v) is 3.36. The van der Waals surface area contributed by atoms with Crippen LogP contribution in [0.4, 0.5) is 5.69 Å². The van der Waals surface area contributed by atoms with Gasteiger partial charge in [0.05, 0.1) is 5.69 Å². The monoisotopic (exact) mass is 270 g/mol. The zero-order chi connectivity index (χ0) is 13.8. The average molecular weight is 270 g/mol. The van der Waals surface area contributed by atoms with Crippen LogP contribution in [-0.2, 0) is 10.0 Å². The first-order valence-corrected chi connectivity index (χ1v) is 7.77. The number of anilines is 1. The quantitative estimate of drug-likeness (QED) is 0.780. The largest absolute Gasteiger partial charge is 0.398 e. The van der Waals surface area contributed by atoms with Crippen molar-refractivity contribution in [2.24, 2.45) is 0 Å². The molecule has 0 aliphatic carbocycles. The van der Waals surface area contributed by atoms with Crippen molar-refractivity contribution in [3.8, 4) is 0 Å². The van der Waals surface area contributed by atoms with Gasteiger partial charge in [0.1, 0.15) is 4.90 Å². The summed E-state index contributed by atoms with van der Waals surface area (Å²) in [5.74, 6) is 0. The Kier molecular flexibility index (Phi) is 5.16. The van der Waals surface area contributed by atoms with E-state index in [1.54, 1.807) is 18.2 Å². The van der Waals surface area contributed by atoms with Crippen LogP contribution in [0.15, 0.2) is 23.1 Å². The number of rotatable bonds is 6. The Balaban J connectivity index is 2.99. The SMILES string of the molecule is CCCC(CC)NS(=O)(=O)c1ccc(C)cc1N. The molecule has 1 aromatic carbocycles. The molecule has 18 heavy (non-hydrogen) atoms. The molecule has 0 aliphatic heterocycles. The first-order chi connectivity index (χ1) is 8.40. The van der Waals surface area contributed by atoms with Crippen LogP contribution in [0.1, 0.15) is 38.7 Å². The van der Waals surface area contributed by atoms with Crippen LogP contribution in [0, 0.1) is 6.92 Å². The van der Waals surface area contributed by atoms with Gasteiger partial charge in [0.25, 0.3) is 0 Å². The molecule has 1 rings (SSSR count). The van der Waals surface area contributed by atoms with E-state index in [2.05, 4.69) is 4.72 Å². The highest BCUT2D eigenvalue weighted by atomic mass is 32.2. The van der Waals surface area contributed by atoms with Gasteiger partial charge in [0.2, 0.25) is 10.0 Å². The lowest BCUT2D eigenvalue weighted by atomic mass is 10.1. The van der Waals surface area contributed by atoms with Gasteiger partial charge in [-0.2, -0.15) is 0 Å². The predicted molar refractivity (Wildman–Crippen MR) is 74.9 cm³/mol. The molecule has 1 aromatic rings. The predicted octanol–water partition coefficient (Wildman–Crippen LogP) is 2.43. The summed E-state index contributed by atoms with van der Waals surface area (Å²) in [5.41, 5.74) is 7.03. The van der Waals surface area contributed by atoms with E-state index in [4.69, 9.17) is 5.73 Å². The zero-order valence-electron chi connectivity index (χ0n) is 11.2. The van der Waals surface area contributed by atoms with Crippen molar-refractivity contribution in [1.82, 2.24) is 4.72 Å². The Morgan fingerprint density at radius 1 is 1.33 bits per heavy atom. The van der Waals surface area contributed by atoms with Gasteiger partial charge in [-0.15, -0.1) is 0 Å². The van der Waals surface area contributed by atoms with Crippen LogP contribution in [0.5, 0.6) is 0 Å². The normalized spacial score (nSPS) is 13.5. The summed E-state index contributed by atoms with van der Waals surface area (Å²) >= 11 is 0. The van der Waals surface area contributed by atoms with Gasteiger partial charge in [-0.3, -0.25) is 0 Å². The van der Waals surface area contributed by atoms with Crippen molar-refractivity contribution < 1.29 is 8.42 Å². The summed E-state index contributed by atoms with van der Waals surface area (Å²) in [7, 11) is -3.52. The zero-order valence-corrected chi connectivity index (χ0v) is 12.0. The molecule has 1 atom stereocenters. The Hall–Kier alpha value is -1.07. The van der Waals surface area contributed by atoms with Crippen molar-refractivity contribution in [2.75, 3.05) is 5.73 Å². The maximum absolute atomic E-state index is 12.2. The topological polar surface area (TPSA) is 72.2 Å². The number of sulfonamides is 1. The fraction of sp³-hybridized carbons (Fsp3) is 0.538. The molecule has 0 saturated heterocycles. The summed E-state index contributed by atoms with van der Waals surface area (Å²) in [5, 5.41) is 0. The molecule has 0 aromatic heterocycles. The van der Waals surface area contributed by atoms with Crippen molar-refractivity contribution in [3.63, 3.8) is 0 Å². The average Bonchev–Trinajstić information content (AvgIpc) is 2.27. The molecule has 0 radical (unpaired) electrons. The van der Waals surface area contributed by atoms with Crippen molar-refractivity contribution in [3.05, 3.63) is 23.8 Å². The smallest absolute Gasteiger partial charge is 0.242 e. The number of aryl methyl sites for hydroxylation is 1. The van der Waals surface area contributed by atoms with Crippen molar-refractivity contribution in [2.45, 2.75) is 51.0 Å². The third-order valence-electron chi connectivity index (χ3n) is 2.91. The molecule has 0 heterocycles. The molecule has 4 nitrogen and oxygen atoms in total. The molecule has 0 saturated carbocycles. The number of nitrogens with two attached hydrogens (primary N) is 1. The molecular weight excluding hydrogens is 248 g/mol. The fourth-order valence-electron chi connectivity index (χ4n) is 1.89. The van der Waals surface area contributed by atoms with Crippen LogP contribution >= 0.6 is 0 Å². The molecule has 0 amide bonds. The molecule has 0 bridgehead atoms. The lowest BCUT2D eigenvalue weighted by molar-refractivity contribution is 0.512. The number of hydrogen-bond donors (Lipinski definition) is 2. The lowest BCUT2D eigenvalue weighted by Crippen LogP contribution is -2.34. The van der Waals surface area contributed by atoms with Crippen LogP contribution in [0.2, 0.25) is 0 Å². The van der Waals surface area contributed by atoms with Gasteiger partial charge in [0, 0.05) is 6.04 Å². The van der Waals surface area contributed by atoms with Crippen LogP contribution < -0.4 is 10.5 Å². The van der Waals surface area contributed by atoms with Gasteiger partial charge in [0.15, 0.2) is 0 Å². The third-order valence-corrected chi connectivity index (χ3v) is 4.50. The van der Waals surface area contributed by atoms with Gasteiger partial charge < -0.3 is 5.73 Å². The van der Waals surface area contributed by atoms with E-state index >= 15 is 0 Å². The second kappa shape index (κ2) is 6.20. The Bertz CT molecular complexity index is 498. The van der Waals surface area contributed by atoms with E-state index in [0.717, 1.165) is 24.8 Å². The number of nitrogen functional groups attached to an aromatic ring is 1. The van der Waals surface area contributed by atoms with Gasteiger partial charge in [-0.25, -0.2) is 13.1 Å². The molecule has 0 fully saturated rings. The van der Waals surface area contributed by atoms with Crippen molar-refractivity contribution >= 4 is 15.7 Å². The van der Waals surface area contributed by atoms with Gasteiger partial charge in [-0.1, -0.05) is 26.3 Å². The minimum Gasteiger partial charge on any atom is -0.398 e. The second-order valence-corrected chi connectivity index (χ2v) is 6.24. The molecule has 0 aliphatic rings. The van der Waals surface area contributed by atoms with Gasteiger partial charge in [-0.05, 0) is 37.5 Å². The van der Waals surface area contributed by atoms with Crippen LogP contribution in [0.3, 0.4) is 0 Å². The summed E-state index contributed by atoms with van der Waals surface area (Å²) in [6, 6.07) is 4.97. The Morgan fingerprint density at radius 3 is 2.50 bits per heavy atom. The molecular formula is C13H22N2O2S. The molecule has 102 valence electrons. The highest BCUT2D eigenvalue weighted by Crippen LogP contribution is 2.20. The van der Waals surface area contributed by atoms with Crippen molar-refractivity contribution in [1.29, 1.82) is 0 Å². The maximum Gasteiger partial charge on any atom is 0.242 e. The minimum atomic E-state index is -3.52. The Labute approximate surface area is 110 Å². The van der Waals surface area contributed by atoms with E-state index in [0.29, 0.717) is 5.69 Å². The highest BCUT2D eigenvalue weighted by molar-refractivity contribution is 7.89. The lowest BCUT2D eigenvalue weighted by Gasteiger charge is -2.17. The van der Waals surface area contributed by atoms with Crippen LogP contribution in [0.25, 0.3) is 0 Å². The van der Waals surface area contributed by atoms with E-state index in [1.807, 2.05) is 20.8 Å². The Morgan fingerprint density at radius 2 is 2.00 bits per heavy atom. The van der Waals surface area contributed by atoms with E-state index in [-0.39, 0.29) is 10.9 Å². The number of nitrogens with one attached hydrogen (secondary N) is 1. The molecule has 1 unspecified atom stereocenters. The van der Waals surface area contributed by atoms with Gasteiger partial charge >= 0.3 is 0 Å². The van der Waals surface area contributed by atoms with E-state index in [9.17, 15) is 8.42 Å². The number of hydrogen-bond acceptors (Lipinski definition) is 3. The van der Waals surface area contributed by atoms with E-state index in [1.165, 1.54) is 0 Å². The summed E-state index contributed by atoms with van der Waals surface area (Å²) in [6.07, 6.45) is 2.56. The standard InChI is InChI=1S/C13H22N2O2S/c1-4-6-11(5-2)15-18(16,17)13-8-7-10(3)9-12(13)14/h7-9,11,15H,4-6,14H2,1-3H3. The molecule has 3 N–H and O–H groups in total. The van der Waals surface area contributed by atoms with E-state index < -0.39 is 10.0 Å². The molecule has 0 spiro atoms. The first-order valence-electron chi connectivity index (χ1n) is 6.29. The second-order valence-electron chi connectivity index (χ2n) is 4.56. The molecule has 5 heteroatoms. The number of benzene rings is 1. The minimum absolute atomic E-state index is 0.0271. The summed E-state index contributed by atoms with van der Waals surface area (Å²) < 4.78 is 27.1. The van der Waals surface area contributed by atoms with Crippen LogP contribution in [-0.4, -0.2) is 14.5 Å². The highest BCUT2D eigenvalue weighted by Gasteiger charge is 2.20. The summed E-state index contributed by atoms with van der Waals surface area (Å²) in [6.45, 7) is 5.89. The summed E-state index contributed by atoms with van der Waals surface area (Å²) in [4.78, 5) is 0.169.